The predicted molar refractivity (Wildman–Crippen MR) is 69.8 cm³/mol. The van der Waals surface area contributed by atoms with Crippen LogP contribution in [-0.4, -0.2) is 0 Å². The Hall–Kier alpha value is -1.41. The first-order valence-electron chi connectivity index (χ1n) is 5.71. The lowest BCUT2D eigenvalue weighted by Gasteiger charge is -2.12. The molecule has 0 fully saturated rings. The fourth-order valence-corrected chi connectivity index (χ4v) is 2.34. The summed E-state index contributed by atoms with van der Waals surface area (Å²) in [5.74, 6) is -1.19. The van der Waals surface area contributed by atoms with Crippen molar-refractivity contribution in [1.82, 2.24) is 0 Å². The van der Waals surface area contributed by atoms with Crippen LogP contribution in [0.5, 0.6) is 0 Å². The van der Waals surface area contributed by atoms with Gasteiger partial charge in [-0.05, 0) is 31.0 Å². The predicted octanol–water partition coefficient (Wildman–Crippen LogP) is 4.80. The lowest BCUT2D eigenvalue weighted by Crippen LogP contribution is -2.02. The lowest BCUT2D eigenvalue weighted by atomic mass is 10.0. The van der Waals surface area contributed by atoms with Gasteiger partial charge in [0.15, 0.2) is 0 Å². The van der Waals surface area contributed by atoms with Crippen LogP contribution in [0.15, 0.2) is 42.5 Å². The van der Waals surface area contributed by atoms with E-state index in [0.717, 1.165) is 11.1 Å². The van der Waals surface area contributed by atoms with Crippen LogP contribution in [-0.2, 0) is 6.42 Å². The summed E-state index contributed by atoms with van der Waals surface area (Å²) in [6.45, 7) is 1.97. The summed E-state index contributed by atoms with van der Waals surface area (Å²) in [7, 11) is 0. The summed E-state index contributed by atoms with van der Waals surface area (Å²) in [5.41, 5.74) is 2.02. The molecule has 0 N–H and O–H groups in total. The minimum Gasteiger partial charge on any atom is -0.207 e. The molecule has 1 unspecified atom stereocenters. The van der Waals surface area contributed by atoms with E-state index >= 15 is 0 Å². The van der Waals surface area contributed by atoms with Crippen LogP contribution in [0, 0.1) is 18.6 Å². The van der Waals surface area contributed by atoms with Crippen molar-refractivity contribution in [2.45, 2.75) is 18.7 Å². The van der Waals surface area contributed by atoms with Gasteiger partial charge < -0.3 is 0 Å². The van der Waals surface area contributed by atoms with Gasteiger partial charge in [-0.25, -0.2) is 8.78 Å². The molecule has 0 bridgehead atoms. The number of hydrogen-bond acceptors (Lipinski definition) is 0. The Morgan fingerprint density at radius 2 is 1.67 bits per heavy atom. The molecule has 0 aliphatic heterocycles. The van der Waals surface area contributed by atoms with Crippen LogP contribution < -0.4 is 0 Å². The molecule has 0 amide bonds. The van der Waals surface area contributed by atoms with Gasteiger partial charge in [-0.15, -0.1) is 11.6 Å². The molecule has 1 atom stereocenters. The molecule has 2 rings (SSSR count). The van der Waals surface area contributed by atoms with Crippen LogP contribution in [0.1, 0.15) is 22.1 Å². The molecule has 2 aromatic rings. The van der Waals surface area contributed by atoms with E-state index in [1.807, 2.05) is 31.2 Å². The van der Waals surface area contributed by atoms with E-state index in [1.165, 1.54) is 18.2 Å². The van der Waals surface area contributed by atoms with Crippen molar-refractivity contribution in [2.24, 2.45) is 0 Å². The summed E-state index contributed by atoms with van der Waals surface area (Å²) < 4.78 is 27.1. The van der Waals surface area contributed by atoms with Crippen LogP contribution in [0.2, 0.25) is 0 Å². The molecule has 0 spiro atoms. The monoisotopic (exact) mass is 266 g/mol. The normalized spacial score (nSPS) is 12.4. The highest BCUT2D eigenvalue weighted by atomic mass is 35.5. The fourth-order valence-electron chi connectivity index (χ4n) is 1.96. The third kappa shape index (κ3) is 2.88. The third-order valence-corrected chi connectivity index (χ3v) is 3.18. The standard InChI is InChI=1S/C15H13ClF2/c1-10-4-2-5-11(8-10)9-12(16)15-13(17)6-3-7-14(15)18/h2-8,12H,9H2,1H3. The Morgan fingerprint density at radius 3 is 2.28 bits per heavy atom. The number of rotatable bonds is 3. The molecule has 0 radical (unpaired) electrons. The van der Waals surface area contributed by atoms with Gasteiger partial charge in [-0.3, -0.25) is 0 Å². The fraction of sp³-hybridized carbons (Fsp3) is 0.200. The van der Waals surface area contributed by atoms with E-state index in [2.05, 4.69) is 0 Å². The van der Waals surface area contributed by atoms with Crippen LogP contribution in [0.3, 0.4) is 0 Å². The first-order valence-corrected chi connectivity index (χ1v) is 6.15. The number of halogens is 3. The Bertz CT molecular complexity index is 532. The van der Waals surface area contributed by atoms with Crippen molar-refractivity contribution >= 4 is 11.6 Å². The molecule has 0 saturated heterocycles. The molecule has 18 heavy (non-hydrogen) atoms. The highest BCUT2D eigenvalue weighted by Gasteiger charge is 2.18. The quantitative estimate of drug-likeness (QED) is 0.701. The minimum absolute atomic E-state index is 0.0549. The maximum absolute atomic E-state index is 13.6. The summed E-state index contributed by atoms with van der Waals surface area (Å²) in [5, 5.41) is -0.701. The van der Waals surface area contributed by atoms with Gasteiger partial charge in [0.2, 0.25) is 0 Å². The van der Waals surface area contributed by atoms with Crippen molar-refractivity contribution < 1.29 is 8.78 Å². The Labute approximate surface area is 110 Å². The van der Waals surface area contributed by atoms with Crippen molar-refractivity contribution in [1.29, 1.82) is 0 Å². The van der Waals surface area contributed by atoms with Crippen LogP contribution in [0.4, 0.5) is 8.78 Å². The molecule has 0 saturated carbocycles. The Balaban J connectivity index is 2.25. The first-order chi connectivity index (χ1) is 8.58. The molecule has 0 heterocycles. The van der Waals surface area contributed by atoms with Crippen molar-refractivity contribution in [3.8, 4) is 0 Å². The zero-order valence-electron chi connectivity index (χ0n) is 9.96. The van der Waals surface area contributed by atoms with Crippen molar-refractivity contribution in [3.63, 3.8) is 0 Å². The maximum atomic E-state index is 13.6. The van der Waals surface area contributed by atoms with Crippen molar-refractivity contribution in [2.75, 3.05) is 0 Å². The summed E-state index contributed by atoms with van der Waals surface area (Å²) in [6.07, 6.45) is 0.404. The van der Waals surface area contributed by atoms with Crippen LogP contribution >= 0.6 is 11.6 Å². The molecule has 0 aromatic heterocycles. The van der Waals surface area contributed by atoms with Gasteiger partial charge in [-0.1, -0.05) is 35.9 Å². The highest BCUT2D eigenvalue weighted by molar-refractivity contribution is 6.21. The van der Waals surface area contributed by atoms with Gasteiger partial charge in [-0.2, -0.15) is 0 Å². The Kier molecular flexibility index (Phi) is 3.97. The van der Waals surface area contributed by atoms with E-state index in [1.54, 1.807) is 0 Å². The second-order valence-electron chi connectivity index (χ2n) is 4.30. The average molecular weight is 267 g/mol. The summed E-state index contributed by atoms with van der Waals surface area (Å²) in [6, 6.07) is 11.5. The van der Waals surface area contributed by atoms with E-state index in [4.69, 9.17) is 11.6 Å². The lowest BCUT2D eigenvalue weighted by molar-refractivity contribution is 0.551. The topological polar surface area (TPSA) is 0 Å². The molecule has 0 aliphatic carbocycles. The maximum Gasteiger partial charge on any atom is 0.130 e. The van der Waals surface area contributed by atoms with Crippen LogP contribution in [0.25, 0.3) is 0 Å². The van der Waals surface area contributed by atoms with Gasteiger partial charge in [0, 0.05) is 5.56 Å². The highest BCUT2D eigenvalue weighted by Crippen LogP contribution is 2.29. The number of aryl methyl sites for hydroxylation is 1. The molecular formula is C15H13ClF2. The van der Waals surface area contributed by atoms with E-state index in [0.29, 0.717) is 6.42 Å². The minimum atomic E-state index is -0.701. The number of hydrogen-bond donors (Lipinski definition) is 0. The zero-order chi connectivity index (χ0) is 13.1. The van der Waals surface area contributed by atoms with Crippen molar-refractivity contribution in [3.05, 3.63) is 70.8 Å². The summed E-state index contributed by atoms with van der Waals surface area (Å²) >= 11 is 6.12. The second-order valence-corrected chi connectivity index (χ2v) is 4.82. The molecule has 3 heteroatoms. The third-order valence-electron chi connectivity index (χ3n) is 2.81. The van der Waals surface area contributed by atoms with E-state index < -0.39 is 17.0 Å². The molecule has 94 valence electrons. The number of benzene rings is 2. The summed E-state index contributed by atoms with van der Waals surface area (Å²) in [4.78, 5) is 0. The second kappa shape index (κ2) is 5.49. The van der Waals surface area contributed by atoms with E-state index in [-0.39, 0.29) is 5.56 Å². The van der Waals surface area contributed by atoms with Gasteiger partial charge in [0.05, 0.1) is 5.38 Å². The van der Waals surface area contributed by atoms with Gasteiger partial charge >= 0.3 is 0 Å². The zero-order valence-corrected chi connectivity index (χ0v) is 10.7. The largest absolute Gasteiger partial charge is 0.207 e. The molecule has 0 nitrogen and oxygen atoms in total. The molecule has 0 aliphatic rings. The SMILES string of the molecule is Cc1cccc(CC(Cl)c2c(F)cccc2F)c1. The Morgan fingerprint density at radius 1 is 1.06 bits per heavy atom. The average Bonchev–Trinajstić information content (AvgIpc) is 2.28. The smallest absolute Gasteiger partial charge is 0.130 e. The molecular weight excluding hydrogens is 254 g/mol. The first kappa shape index (κ1) is 13.0. The number of alkyl halides is 1. The van der Waals surface area contributed by atoms with Gasteiger partial charge in [0.25, 0.3) is 0 Å². The molecule has 2 aromatic carbocycles. The van der Waals surface area contributed by atoms with Gasteiger partial charge in [0.1, 0.15) is 11.6 Å². The van der Waals surface area contributed by atoms with E-state index in [9.17, 15) is 8.78 Å².